The molecule has 0 unspecified atom stereocenters. The quantitative estimate of drug-likeness (QED) is 0.624. The van der Waals surface area contributed by atoms with Crippen LogP contribution in [0.5, 0.6) is 5.88 Å². The molecule has 2 aromatic rings. The monoisotopic (exact) mass is 419 g/mol. The number of anilines is 1. The summed E-state index contributed by atoms with van der Waals surface area (Å²) in [6.07, 6.45) is -11.1. The number of aliphatic hydroxyl groups excluding tert-OH is 2. The summed E-state index contributed by atoms with van der Waals surface area (Å²) in [5.41, 5.74) is 5.24. The number of rotatable bonds is 5. The minimum atomic E-state index is -4.93. The van der Waals surface area contributed by atoms with Crippen LogP contribution in [0.2, 0.25) is 0 Å². The van der Waals surface area contributed by atoms with Gasteiger partial charge in [-0.2, -0.15) is 23.1 Å². The standard InChI is InChI=1S/C16H20F3N5O5/c1-28-12-9-11(21-14(20)22-12)24(15(27)23(9)5-6-2-3-6)13-7(25)4-8(29-13)10(26)16(17,18)19/h6-8,10,13,25-26H,2-5H2,1H3,(H2,20,21,22)/t7-,8+,10-,13-/m1/s1. The summed E-state index contributed by atoms with van der Waals surface area (Å²) in [7, 11) is 1.33. The van der Waals surface area contributed by atoms with E-state index in [2.05, 4.69) is 9.97 Å². The summed E-state index contributed by atoms with van der Waals surface area (Å²) in [4.78, 5) is 21.1. The lowest BCUT2D eigenvalue weighted by Crippen LogP contribution is -2.39. The molecule has 29 heavy (non-hydrogen) atoms. The second kappa shape index (κ2) is 6.85. The Morgan fingerprint density at radius 2 is 2.07 bits per heavy atom. The molecule has 10 nitrogen and oxygen atoms in total. The van der Waals surface area contributed by atoms with Gasteiger partial charge in [-0.05, 0) is 18.8 Å². The van der Waals surface area contributed by atoms with Crippen molar-refractivity contribution < 1.29 is 32.9 Å². The Balaban J connectivity index is 1.82. The third-order valence-corrected chi connectivity index (χ3v) is 5.18. The first kappa shape index (κ1) is 19.9. The molecule has 2 aliphatic rings. The highest BCUT2D eigenvalue weighted by atomic mass is 19.4. The number of nitrogens with zero attached hydrogens (tertiary/aromatic N) is 4. The normalized spacial score (nSPS) is 26.2. The Morgan fingerprint density at radius 1 is 1.38 bits per heavy atom. The fourth-order valence-corrected chi connectivity index (χ4v) is 3.59. The van der Waals surface area contributed by atoms with E-state index in [-0.39, 0.29) is 28.9 Å². The number of hydrogen-bond donors (Lipinski definition) is 3. The maximum atomic E-state index is 13.1. The molecule has 2 fully saturated rings. The Hall–Kier alpha value is -2.38. The van der Waals surface area contributed by atoms with Gasteiger partial charge in [0.1, 0.15) is 6.10 Å². The predicted molar refractivity (Wildman–Crippen MR) is 92.1 cm³/mol. The summed E-state index contributed by atoms with van der Waals surface area (Å²) < 4.78 is 51.4. The number of aromatic nitrogens is 4. The first-order valence-corrected chi connectivity index (χ1v) is 9.02. The number of hydrogen-bond acceptors (Lipinski definition) is 8. The number of imidazole rings is 1. The van der Waals surface area contributed by atoms with Crippen LogP contribution >= 0.6 is 0 Å². The Labute approximate surface area is 161 Å². The third kappa shape index (κ3) is 3.42. The molecule has 4 rings (SSSR count). The fraction of sp³-hybridized carbons (Fsp3) is 0.688. The highest BCUT2D eigenvalue weighted by Gasteiger charge is 2.50. The average molecular weight is 419 g/mol. The molecule has 1 saturated heterocycles. The molecule has 4 N–H and O–H groups in total. The molecule has 1 aliphatic carbocycles. The molecule has 0 amide bonds. The van der Waals surface area contributed by atoms with Crippen LogP contribution < -0.4 is 16.2 Å². The highest BCUT2D eigenvalue weighted by Crippen LogP contribution is 2.38. The van der Waals surface area contributed by atoms with Crippen molar-refractivity contribution in [2.45, 2.75) is 56.5 Å². The van der Waals surface area contributed by atoms with Crippen molar-refractivity contribution in [1.82, 2.24) is 19.1 Å². The Kier molecular flexibility index (Phi) is 4.70. The van der Waals surface area contributed by atoms with Crippen molar-refractivity contribution in [3.05, 3.63) is 10.5 Å². The van der Waals surface area contributed by atoms with E-state index in [0.29, 0.717) is 6.54 Å². The van der Waals surface area contributed by atoms with Crippen LogP contribution in [-0.4, -0.2) is 60.9 Å². The second-order valence-corrected chi connectivity index (χ2v) is 7.32. The SMILES string of the molecule is COc1nc(N)nc2c1n(CC1CC1)c(=O)n2[C@@H]1O[C@H]([C@@H](O)C(F)(F)F)C[C@H]1O. The summed E-state index contributed by atoms with van der Waals surface area (Å²) >= 11 is 0. The van der Waals surface area contributed by atoms with Gasteiger partial charge in [-0.15, -0.1) is 0 Å². The predicted octanol–water partition coefficient (Wildman–Crippen LogP) is 0.165. The van der Waals surface area contributed by atoms with Crippen LogP contribution in [0.1, 0.15) is 25.5 Å². The molecule has 4 atom stereocenters. The number of alkyl halides is 3. The first-order chi connectivity index (χ1) is 13.6. The zero-order chi connectivity index (χ0) is 21.1. The number of nitrogen functional groups attached to an aromatic ring is 1. The molecule has 3 heterocycles. The van der Waals surface area contributed by atoms with Gasteiger partial charge in [0.2, 0.25) is 11.8 Å². The van der Waals surface area contributed by atoms with E-state index in [1.807, 2.05) is 0 Å². The molecule has 160 valence electrons. The lowest BCUT2D eigenvalue weighted by molar-refractivity contribution is -0.237. The minimum absolute atomic E-state index is 0.0220. The molecule has 0 radical (unpaired) electrons. The van der Waals surface area contributed by atoms with Crippen LogP contribution in [-0.2, 0) is 11.3 Å². The molecular formula is C16H20F3N5O5. The van der Waals surface area contributed by atoms with Crippen LogP contribution in [0.25, 0.3) is 11.2 Å². The smallest absolute Gasteiger partial charge is 0.416 e. The summed E-state index contributed by atoms with van der Waals surface area (Å²) in [6, 6.07) is 0. The Bertz CT molecular complexity index is 986. The molecule has 0 aromatic carbocycles. The number of ether oxygens (including phenoxy) is 2. The van der Waals surface area contributed by atoms with Crippen molar-refractivity contribution in [2.75, 3.05) is 12.8 Å². The third-order valence-electron chi connectivity index (χ3n) is 5.18. The van der Waals surface area contributed by atoms with E-state index in [9.17, 15) is 28.2 Å². The van der Waals surface area contributed by atoms with Crippen molar-refractivity contribution in [3.63, 3.8) is 0 Å². The molecule has 0 spiro atoms. The zero-order valence-corrected chi connectivity index (χ0v) is 15.3. The highest BCUT2D eigenvalue weighted by molar-refractivity contribution is 5.78. The van der Waals surface area contributed by atoms with E-state index in [4.69, 9.17) is 15.2 Å². The number of nitrogens with two attached hydrogens (primary N) is 1. The van der Waals surface area contributed by atoms with E-state index < -0.39 is 42.8 Å². The van der Waals surface area contributed by atoms with Crippen molar-refractivity contribution in [1.29, 1.82) is 0 Å². The molecule has 0 bridgehead atoms. The van der Waals surface area contributed by atoms with Gasteiger partial charge in [-0.1, -0.05) is 0 Å². The maximum Gasteiger partial charge on any atom is 0.416 e. The molecule has 1 aliphatic heterocycles. The maximum absolute atomic E-state index is 13.1. The van der Waals surface area contributed by atoms with Crippen LogP contribution in [0.4, 0.5) is 19.1 Å². The van der Waals surface area contributed by atoms with Gasteiger partial charge in [-0.25, -0.2) is 9.36 Å². The number of fused-ring (bicyclic) bond motifs is 1. The van der Waals surface area contributed by atoms with Crippen molar-refractivity contribution >= 4 is 17.1 Å². The largest absolute Gasteiger partial charge is 0.479 e. The van der Waals surface area contributed by atoms with Crippen LogP contribution in [0, 0.1) is 5.92 Å². The van der Waals surface area contributed by atoms with Crippen molar-refractivity contribution in [2.24, 2.45) is 5.92 Å². The molecule has 2 aromatic heterocycles. The first-order valence-electron chi connectivity index (χ1n) is 9.02. The zero-order valence-electron chi connectivity index (χ0n) is 15.3. The second-order valence-electron chi connectivity index (χ2n) is 7.32. The summed E-state index contributed by atoms with van der Waals surface area (Å²) in [5, 5.41) is 19.8. The number of aliphatic hydroxyl groups is 2. The van der Waals surface area contributed by atoms with Gasteiger partial charge in [0.05, 0.1) is 13.2 Å². The average Bonchev–Trinajstić information content (AvgIpc) is 3.33. The van der Waals surface area contributed by atoms with Crippen LogP contribution in [0.15, 0.2) is 4.79 Å². The lowest BCUT2D eigenvalue weighted by Gasteiger charge is -2.21. The fourth-order valence-electron chi connectivity index (χ4n) is 3.59. The minimum Gasteiger partial charge on any atom is -0.479 e. The summed E-state index contributed by atoms with van der Waals surface area (Å²) in [5.74, 6) is 0.0811. The van der Waals surface area contributed by atoms with Gasteiger partial charge >= 0.3 is 11.9 Å². The topological polar surface area (TPSA) is 138 Å². The number of methoxy groups -OCH3 is 1. The Morgan fingerprint density at radius 3 is 2.66 bits per heavy atom. The molecule has 13 heteroatoms. The summed E-state index contributed by atoms with van der Waals surface area (Å²) in [6.45, 7) is 0.337. The molecule has 1 saturated carbocycles. The van der Waals surface area contributed by atoms with Gasteiger partial charge in [0, 0.05) is 13.0 Å². The molecular weight excluding hydrogens is 399 g/mol. The van der Waals surface area contributed by atoms with E-state index in [1.165, 1.54) is 11.7 Å². The van der Waals surface area contributed by atoms with Gasteiger partial charge in [0.15, 0.2) is 23.5 Å². The van der Waals surface area contributed by atoms with E-state index >= 15 is 0 Å². The van der Waals surface area contributed by atoms with Gasteiger partial charge < -0.3 is 25.4 Å². The van der Waals surface area contributed by atoms with E-state index in [0.717, 1.165) is 17.4 Å². The van der Waals surface area contributed by atoms with Crippen LogP contribution in [0.3, 0.4) is 0 Å². The lowest BCUT2D eigenvalue weighted by atomic mass is 10.1. The number of halogens is 3. The van der Waals surface area contributed by atoms with Crippen molar-refractivity contribution in [3.8, 4) is 5.88 Å². The van der Waals surface area contributed by atoms with Gasteiger partial charge in [-0.3, -0.25) is 4.57 Å². The van der Waals surface area contributed by atoms with E-state index in [1.54, 1.807) is 0 Å². The van der Waals surface area contributed by atoms with Gasteiger partial charge in [0.25, 0.3) is 0 Å².